The lowest BCUT2D eigenvalue weighted by molar-refractivity contribution is -0.155. The van der Waals surface area contributed by atoms with Gasteiger partial charge in [0.1, 0.15) is 17.2 Å². The van der Waals surface area contributed by atoms with Gasteiger partial charge in [-0.05, 0) is 50.5 Å². The van der Waals surface area contributed by atoms with Crippen molar-refractivity contribution in [2.75, 3.05) is 13.1 Å². The van der Waals surface area contributed by atoms with Crippen molar-refractivity contribution < 1.29 is 9.50 Å². The van der Waals surface area contributed by atoms with Gasteiger partial charge in [-0.1, -0.05) is 6.42 Å². The van der Waals surface area contributed by atoms with Crippen molar-refractivity contribution in [3.63, 3.8) is 0 Å². The molecule has 2 fully saturated rings. The van der Waals surface area contributed by atoms with E-state index in [0.29, 0.717) is 0 Å². The van der Waals surface area contributed by atoms with Crippen LogP contribution in [0, 0.1) is 17.7 Å². The van der Waals surface area contributed by atoms with Gasteiger partial charge in [0, 0.05) is 68.5 Å². The number of aromatic nitrogens is 3. The molecule has 0 radical (unpaired) electrons. The molecular weight excluding hydrogens is 379 g/mol. The lowest BCUT2D eigenvalue weighted by Crippen LogP contribution is -2.58. The van der Waals surface area contributed by atoms with E-state index in [1.54, 1.807) is 18.3 Å². The van der Waals surface area contributed by atoms with Gasteiger partial charge in [0.2, 0.25) is 0 Å². The quantitative estimate of drug-likeness (QED) is 0.701. The van der Waals surface area contributed by atoms with E-state index in [4.69, 9.17) is 0 Å². The number of rotatable bonds is 4. The smallest absolute Gasteiger partial charge is 0.141 e. The van der Waals surface area contributed by atoms with Crippen LogP contribution in [-0.4, -0.2) is 37.2 Å². The van der Waals surface area contributed by atoms with Crippen LogP contribution >= 0.6 is 0 Å². The number of aryl methyl sites for hydroxylation is 1. The molecule has 5 rings (SSSR count). The molecule has 30 heavy (non-hydrogen) atoms. The third-order valence-corrected chi connectivity index (χ3v) is 7.32. The molecule has 1 aromatic carbocycles. The normalized spacial score (nSPS) is 27.3. The Morgan fingerprint density at radius 3 is 2.60 bits per heavy atom. The third-order valence-electron chi connectivity index (χ3n) is 7.32. The van der Waals surface area contributed by atoms with Crippen LogP contribution < -0.4 is 0 Å². The molecule has 1 aliphatic heterocycles. The Morgan fingerprint density at radius 1 is 1.23 bits per heavy atom. The summed E-state index contributed by atoms with van der Waals surface area (Å²) in [5.41, 5.74) is 1.35. The van der Waals surface area contributed by atoms with E-state index in [1.807, 2.05) is 23.9 Å². The number of hydrogen-bond acceptors (Lipinski definition) is 3. The Hall–Kier alpha value is -2.18. The summed E-state index contributed by atoms with van der Waals surface area (Å²) in [7, 11) is 1.97. The van der Waals surface area contributed by atoms with Gasteiger partial charge in [-0.25, -0.2) is 9.37 Å². The van der Waals surface area contributed by atoms with Crippen LogP contribution in [0.1, 0.15) is 50.5 Å². The maximum absolute atomic E-state index is 13.9. The van der Waals surface area contributed by atoms with Crippen LogP contribution in [-0.2, 0) is 19.2 Å². The zero-order valence-electron chi connectivity index (χ0n) is 18.1. The third kappa shape index (κ3) is 3.00. The van der Waals surface area contributed by atoms with Crippen molar-refractivity contribution in [3.05, 3.63) is 54.0 Å². The molecule has 3 atom stereocenters. The highest BCUT2D eigenvalue weighted by Gasteiger charge is 2.53. The molecule has 0 spiro atoms. The molecule has 1 aliphatic carbocycles. The average molecular weight is 411 g/mol. The van der Waals surface area contributed by atoms with Crippen molar-refractivity contribution >= 4 is 10.9 Å². The number of nitrogens with zero attached hydrogens (tertiary/aromatic N) is 4. The fraction of sp³-hybridized carbons (Fsp3) is 0.542. The minimum absolute atomic E-state index is 0.182. The van der Waals surface area contributed by atoms with E-state index >= 15 is 0 Å². The highest BCUT2D eigenvalue weighted by atomic mass is 19.1. The number of piperidine rings is 1. The first-order valence-corrected chi connectivity index (χ1v) is 11.1. The summed E-state index contributed by atoms with van der Waals surface area (Å²) < 4.78 is 18.0. The summed E-state index contributed by atoms with van der Waals surface area (Å²) in [6, 6.07) is 5.39. The lowest BCUT2D eigenvalue weighted by atomic mass is 9.65. The minimum Gasteiger partial charge on any atom is -0.381 e. The molecule has 5 nitrogen and oxygen atoms in total. The van der Waals surface area contributed by atoms with Gasteiger partial charge in [-0.3, -0.25) is 4.90 Å². The lowest BCUT2D eigenvalue weighted by Gasteiger charge is -2.52. The van der Waals surface area contributed by atoms with Crippen LogP contribution in [0.5, 0.6) is 0 Å². The van der Waals surface area contributed by atoms with Crippen LogP contribution in [0.25, 0.3) is 10.9 Å². The highest BCUT2D eigenvalue weighted by molar-refractivity contribution is 5.84. The van der Waals surface area contributed by atoms with E-state index in [1.165, 1.54) is 12.0 Å². The summed E-state index contributed by atoms with van der Waals surface area (Å²) in [5, 5.41) is 12.9. The maximum Gasteiger partial charge on any atom is 0.141 e. The van der Waals surface area contributed by atoms with Crippen molar-refractivity contribution in [2.24, 2.45) is 18.9 Å². The van der Waals surface area contributed by atoms with Gasteiger partial charge in [0.15, 0.2) is 0 Å². The Morgan fingerprint density at radius 2 is 1.97 bits per heavy atom. The van der Waals surface area contributed by atoms with E-state index in [2.05, 4.69) is 34.5 Å². The van der Waals surface area contributed by atoms with Crippen molar-refractivity contribution in [1.29, 1.82) is 0 Å². The summed E-state index contributed by atoms with van der Waals surface area (Å²) in [4.78, 5) is 7.01. The molecule has 2 bridgehead atoms. The Bertz CT molecular complexity index is 1050. The Balaban J connectivity index is 1.45. The molecule has 3 aromatic rings. The molecule has 1 saturated heterocycles. The fourth-order valence-corrected chi connectivity index (χ4v) is 5.88. The highest BCUT2D eigenvalue weighted by Crippen LogP contribution is 2.48. The van der Waals surface area contributed by atoms with E-state index < -0.39 is 5.60 Å². The number of halogens is 1. The first-order chi connectivity index (χ1) is 14.4. The van der Waals surface area contributed by atoms with Crippen LogP contribution in [0.2, 0.25) is 0 Å². The second kappa shape index (κ2) is 7.20. The zero-order chi connectivity index (χ0) is 21.0. The van der Waals surface area contributed by atoms with Gasteiger partial charge >= 0.3 is 0 Å². The van der Waals surface area contributed by atoms with Crippen LogP contribution in [0.15, 0.2) is 36.8 Å². The molecule has 0 amide bonds. The largest absolute Gasteiger partial charge is 0.381 e. The Labute approximate surface area is 177 Å². The predicted molar refractivity (Wildman–Crippen MR) is 115 cm³/mol. The molecular formula is C24H31FN4O. The van der Waals surface area contributed by atoms with E-state index in [9.17, 15) is 9.50 Å². The van der Waals surface area contributed by atoms with Gasteiger partial charge in [-0.15, -0.1) is 0 Å². The first kappa shape index (κ1) is 19.8. The van der Waals surface area contributed by atoms with E-state index in [-0.39, 0.29) is 23.7 Å². The van der Waals surface area contributed by atoms with Crippen LogP contribution in [0.3, 0.4) is 0 Å². The predicted octanol–water partition coefficient (Wildman–Crippen LogP) is 4.21. The molecule has 2 aliphatic rings. The maximum atomic E-state index is 13.9. The van der Waals surface area contributed by atoms with Gasteiger partial charge < -0.3 is 14.2 Å². The number of fused-ring (bicyclic) bond motifs is 3. The van der Waals surface area contributed by atoms with Gasteiger partial charge in [0.05, 0.1) is 5.52 Å². The number of aliphatic hydroxyl groups is 1. The number of likely N-dealkylation sites (tertiary alicyclic amines) is 1. The van der Waals surface area contributed by atoms with Crippen molar-refractivity contribution in [2.45, 2.75) is 51.3 Å². The Kier molecular flexibility index (Phi) is 4.75. The molecule has 3 heterocycles. The number of imidazole rings is 1. The number of hydrogen-bond donors (Lipinski definition) is 1. The number of benzene rings is 1. The second-order valence-electron chi connectivity index (χ2n) is 9.52. The molecule has 2 aromatic heterocycles. The minimum atomic E-state index is -0.845. The van der Waals surface area contributed by atoms with Gasteiger partial charge in [0.25, 0.3) is 0 Å². The molecule has 1 saturated carbocycles. The first-order valence-electron chi connectivity index (χ1n) is 11.1. The molecule has 160 valence electrons. The molecule has 1 unspecified atom stereocenters. The second-order valence-corrected chi connectivity index (χ2v) is 9.52. The molecule has 1 N–H and O–H groups in total. The standard InChI is InChI=1S/C24H31FN4O/c1-16(2)29-13-17(21-8-7-20(25)11-22(21)29)12-28-14-18-5-4-6-19(15-28)24(18,30)23-26-9-10-27(23)3/h7-11,13,16,18-19,30H,4-6,12,14-15H2,1-3H3/t18-,19+,24?. The van der Waals surface area contributed by atoms with Crippen molar-refractivity contribution in [3.8, 4) is 0 Å². The zero-order valence-corrected chi connectivity index (χ0v) is 18.1. The average Bonchev–Trinajstić information content (AvgIpc) is 3.26. The summed E-state index contributed by atoms with van der Waals surface area (Å²) in [5.74, 6) is 0.981. The van der Waals surface area contributed by atoms with Crippen LogP contribution in [0.4, 0.5) is 4.39 Å². The summed E-state index contributed by atoms with van der Waals surface area (Å²) >= 11 is 0. The molecule has 6 heteroatoms. The fourth-order valence-electron chi connectivity index (χ4n) is 5.88. The van der Waals surface area contributed by atoms with E-state index in [0.717, 1.165) is 49.2 Å². The topological polar surface area (TPSA) is 46.2 Å². The SMILES string of the molecule is CC(C)n1cc(CN2C[C@H]3CCC[C@@H](C2)C3(O)c2nccn2C)c2ccc(F)cc21. The van der Waals surface area contributed by atoms with Gasteiger partial charge in [-0.2, -0.15) is 0 Å². The van der Waals surface area contributed by atoms with Crippen molar-refractivity contribution in [1.82, 2.24) is 19.0 Å². The summed E-state index contributed by atoms with van der Waals surface area (Å²) in [6.45, 7) is 6.80. The summed E-state index contributed by atoms with van der Waals surface area (Å²) in [6.07, 6.45) is 9.11. The monoisotopic (exact) mass is 410 g/mol.